The molecule has 0 aliphatic heterocycles. The molecule has 1 aromatic heterocycles. The lowest BCUT2D eigenvalue weighted by molar-refractivity contribution is -0.140. The Labute approximate surface area is 123 Å². The van der Waals surface area contributed by atoms with Crippen molar-refractivity contribution in [1.82, 2.24) is 4.90 Å². The highest BCUT2D eigenvalue weighted by molar-refractivity contribution is 7.08. The number of hydrogen-bond acceptors (Lipinski definition) is 3. The minimum atomic E-state index is -0.825. The molecule has 1 amide bonds. The van der Waals surface area contributed by atoms with Gasteiger partial charge in [-0.1, -0.05) is 19.3 Å². The number of nitrogens with zero attached hydrogens (tertiary/aromatic N) is 1. The molecular weight excluding hydrogens is 274 g/mol. The van der Waals surface area contributed by atoms with E-state index in [1.54, 1.807) is 11.9 Å². The van der Waals surface area contributed by atoms with Gasteiger partial charge in [-0.25, -0.2) is 0 Å². The van der Waals surface area contributed by atoms with Crippen LogP contribution in [0.4, 0.5) is 0 Å². The van der Waals surface area contributed by atoms with Crippen LogP contribution >= 0.6 is 11.3 Å². The molecule has 5 heteroatoms. The van der Waals surface area contributed by atoms with E-state index in [-0.39, 0.29) is 12.3 Å². The van der Waals surface area contributed by atoms with E-state index in [2.05, 4.69) is 0 Å². The molecule has 1 heterocycles. The number of rotatable bonds is 4. The van der Waals surface area contributed by atoms with Crippen LogP contribution in [0.15, 0.2) is 10.8 Å². The average molecular weight is 295 g/mol. The van der Waals surface area contributed by atoms with Crippen molar-refractivity contribution in [3.8, 4) is 0 Å². The molecular formula is C15H21NO3S. The Hall–Kier alpha value is -1.36. The van der Waals surface area contributed by atoms with Crippen molar-refractivity contribution in [3.05, 3.63) is 21.9 Å². The molecule has 0 aromatic carbocycles. The summed E-state index contributed by atoms with van der Waals surface area (Å²) in [4.78, 5) is 25.6. The number of carbonyl (C=O) groups excluding carboxylic acids is 1. The summed E-state index contributed by atoms with van der Waals surface area (Å²) in [7, 11) is 1.76. The van der Waals surface area contributed by atoms with Crippen molar-refractivity contribution < 1.29 is 14.7 Å². The molecule has 1 saturated carbocycles. The number of aliphatic carboxylic acids is 1. The Kier molecular flexibility index (Phi) is 4.48. The summed E-state index contributed by atoms with van der Waals surface area (Å²) in [5.41, 5.74) is 1.15. The largest absolute Gasteiger partial charge is 0.481 e. The van der Waals surface area contributed by atoms with Gasteiger partial charge in [0.15, 0.2) is 0 Å². The fourth-order valence-corrected chi connectivity index (χ4v) is 3.92. The Morgan fingerprint density at radius 2 is 1.95 bits per heavy atom. The average Bonchev–Trinajstić information content (AvgIpc) is 2.83. The molecule has 1 fully saturated rings. The number of amides is 1. The second-order valence-electron chi connectivity index (χ2n) is 5.69. The number of carboxylic acid groups (broad SMARTS) is 1. The molecule has 1 aliphatic rings. The van der Waals surface area contributed by atoms with Gasteiger partial charge in [0.05, 0.1) is 17.5 Å². The first-order valence-electron chi connectivity index (χ1n) is 6.99. The van der Waals surface area contributed by atoms with Crippen LogP contribution < -0.4 is 0 Å². The van der Waals surface area contributed by atoms with E-state index in [1.807, 2.05) is 17.7 Å². The van der Waals surface area contributed by atoms with Crippen molar-refractivity contribution in [1.29, 1.82) is 0 Å². The zero-order valence-corrected chi connectivity index (χ0v) is 12.8. The monoisotopic (exact) mass is 295 g/mol. The summed E-state index contributed by atoms with van der Waals surface area (Å²) >= 11 is 1.51. The van der Waals surface area contributed by atoms with E-state index < -0.39 is 11.5 Å². The van der Waals surface area contributed by atoms with Gasteiger partial charge in [0, 0.05) is 12.4 Å². The molecule has 0 radical (unpaired) electrons. The summed E-state index contributed by atoms with van der Waals surface area (Å²) in [6, 6.07) is 0. The van der Waals surface area contributed by atoms with Gasteiger partial charge in [0.1, 0.15) is 0 Å². The maximum atomic E-state index is 12.7. The van der Waals surface area contributed by atoms with Crippen LogP contribution in [0.3, 0.4) is 0 Å². The Balaban J connectivity index is 2.26. The first-order valence-corrected chi connectivity index (χ1v) is 7.93. The van der Waals surface area contributed by atoms with Gasteiger partial charge in [0.25, 0.3) is 5.91 Å². The highest BCUT2D eigenvalue weighted by Crippen LogP contribution is 2.37. The molecule has 0 unspecified atom stereocenters. The van der Waals surface area contributed by atoms with E-state index in [0.29, 0.717) is 5.56 Å². The number of carboxylic acids is 1. The third-order valence-electron chi connectivity index (χ3n) is 4.37. The van der Waals surface area contributed by atoms with Crippen molar-refractivity contribution in [2.75, 3.05) is 7.05 Å². The minimum Gasteiger partial charge on any atom is -0.481 e. The lowest BCUT2D eigenvalue weighted by atomic mass is 9.78. The third kappa shape index (κ3) is 2.87. The predicted molar refractivity (Wildman–Crippen MR) is 79.2 cm³/mol. The van der Waals surface area contributed by atoms with Crippen LogP contribution in [0.5, 0.6) is 0 Å². The topological polar surface area (TPSA) is 57.6 Å². The summed E-state index contributed by atoms with van der Waals surface area (Å²) in [5, 5.41) is 13.0. The molecule has 0 atom stereocenters. The smallest absolute Gasteiger partial charge is 0.305 e. The van der Waals surface area contributed by atoms with Crippen LogP contribution in [0.25, 0.3) is 0 Å². The summed E-state index contributed by atoms with van der Waals surface area (Å²) in [6.07, 6.45) is 4.72. The minimum absolute atomic E-state index is 0.0401. The lowest BCUT2D eigenvalue weighted by Gasteiger charge is -2.44. The van der Waals surface area contributed by atoms with Crippen molar-refractivity contribution in [3.63, 3.8) is 0 Å². The molecule has 2 rings (SSSR count). The standard InChI is InChI=1S/C15H21NO3S/c1-11-9-20-10-12(11)14(19)16(2)15(8-13(17)18)6-4-3-5-7-15/h9-10H,3-8H2,1-2H3,(H,17,18). The van der Waals surface area contributed by atoms with E-state index in [9.17, 15) is 14.7 Å². The highest BCUT2D eigenvalue weighted by Gasteiger charge is 2.40. The first-order chi connectivity index (χ1) is 9.46. The van der Waals surface area contributed by atoms with Gasteiger partial charge < -0.3 is 10.0 Å². The predicted octanol–water partition coefficient (Wildman–Crippen LogP) is 3.31. The number of thiophene rings is 1. The molecule has 1 N–H and O–H groups in total. The van der Waals surface area contributed by atoms with E-state index in [4.69, 9.17) is 0 Å². The van der Waals surface area contributed by atoms with Crippen molar-refractivity contribution in [2.24, 2.45) is 0 Å². The quantitative estimate of drug-likeness (QED) is 0.927. The van der Waals surface area contributed by atoms with Crippen LogP contribution in [0.2, 0.25) is 0 Å². The fourth-order valence-electron chi connectivity index (χ4n) is 3.10. The van der Waals surface area contributed by atoms with E-state index in [0.717, 1.165) is 37.7 Å². The Bertz CT molecular complexity index is 503. The molecule has 0 spiro atoms. The zero-order chi connectivity index (χ0) is 14.8. The van der Waals surface area contributed by atoms with Crippen LogP contribution in [-0.4, -0.2) is 34.5 Å². The van der Waals surface area contributed by atoms with Crippen LogP contribution in [-0.2, 0) is 4.79 Å². The lowest BCUT2D eigenvalue weighted by Crippen LogP contribution is -2.52. The first kappa shape index (κ1) is 15.0. The second-order valence-corrected chi connectivity index (χ2v) is 6.43. The van der Waals surface area contributed by atoms with Gasteiger partial charge in [-0.05, 0) is 30.7 Å². The van der Waals surface area contributed by atoms with Crippen LogP contribution in [0, 0.1) is 6.92 Å². The SMILES string of the molecule is Cc1cscc1C(=O)N(C)C1(CC(=O)O)CCCCC1. The van der Waals surface area contributed by atoms with Gasteiger partial charge in [0.2, 0.25) is 0 Å². The van der Waals surface area contributed by atoms with E-state index >= 15 is 0 Å². The molecule has 0 saturated heterocycles. The van der Waals surface area contributed by atoms with Gasteiger partial charge >= 0.3 is 5.97 Å². The molecule has 1 aromatic rings. The van der Waals surface area contributed by atoms with Crippen molar-refractivity contribution >= 4 is 23.2 Å². The fraction of sp³-hybridized carbons (Fsp3) is 0.600. The zero-order valence-electron chi connectivity index (χ0n) is 12.0. The number of hydrogen-bond donors (Lipinski definition) is 1. The van der Waals surface area contributed by atoms with Gasteiger partial charge in [-0.3, -0.25) is 9.59 Å². The maximum Gasteiger partial charge on any atom is 0.305 e. The Morgan fingerprint density at radius 3 is 2.45 bits per heavy atom. The number of aryl methyl sites for hydroxylation is 1. The normalized spacial score (nSPS) is 17.7. The highest BCUT2D eigenvalue weighted by atomic mass is 32.1. The molecule has 20 heavy (non-hydrogen) atoms. The number of carbonyl (C=O) groups is 2. The summed E-state index contributed by atoms with van der Waals surface area (Å²) in [6.45, 7) is 1.92. The third-order valence-corrected chi connectivity index (χ3v) is 5.23. The Morgan fingerprint density at radius 1 is 1.30 bits per heavy atom. The summed E-state index contributed by atoms with van der Waals surface area (Å²) < 4.78 is 0. The van der Waals surface area contributed by atoms with Crippen LogP contribution in [0.1, 0.15) is 54.4 Å². The molecule has 1 aliphatic carbocycles. The van der Waals surface area contributed by atoms with Crippen molar-refractivity contribution in [2.45, 2.75) is 51.0 Å². The van der Waals surface area contributed by atoms with Gasteiger partial charge in [-0.15, -0.1) is 0 Å². The molecule has 4 nitrogen and oxygen atoms in total. The van der Waals surface area contributed by atoms with Gasteiger partial charge in [-0.2, -0.15) is 11.3 Å². The second kappa shape index (κ2) is 5.95. The molecule has 110 valence electrons. The molecule has 0 bridgehead atoms. The summed E-state index contributed by atoms with van der Waals surface area (Å²) in [5.74, 6) is -0.875. The van der Waals surface area contributed by atoms with E-state index in [1.165, 1.54) is 11.3 Å². The maximum absolute atomic E-state index is 12.7.